The number of phenols is 1. The van der Waals surface area contributed by atoms with E-state index in [0.29, 0.717) is 16.6 Å². The van der Waals surface area contributed by atoms with Gasteiger partial charge in [0.1, 0.15) is 28.9 Å². The first-order valence-corrected chi connectivity index (χ1v) is 14.2. The molecule has 11 heteroatoms. The molecule has 0 unspecified atom stereocenters. The number of esters is 1. The Kier molecular flexibility index (Phi) is 7.00. The first kappa shape index (κ1) is 27.3. The van der Waals surface area contributed by atoms with Crippen LogP contribution in [0.25, 0.3) is 5.76 Å². The van der Waals surface area contributed by atoms with E-state index < -0.39 is 76.4 Å². The van der Waals surface area contributed by atoms with E-state index in [9.17, 15) is 39.6 Å². The van der Waals surface area contributed by atoms with E-state index in [0.717, 1.165) is 25.7 Å². The summed E-state index contributed by atoms with van der Waals surface area (Å²) in [5, 5.41) is 45.3. The molecule has 0 aliphatic heterocycles. The van der Waals surface area contributed by atoms with E-state index in [4.69, 9.17) is 10.5 Å². The Morgan fingerprint density at radius 3 is 2.49 bits per heavy atom. The molecule has 1 amide bonds. The van der Waals surface area contributed by atoms with Crippen LogP contribution in [0.1, 0.15) is 62.5 Å². The lowest BCUT2D eigenvalue weighted by Gasteiger charge is -2.52. The van der Waals surface area contributed by atoms with E-state index in [-0.39, 0.29) is 23.3 Å². The molecule has 1 aromatic carbocycles. The molecule has 4 aliphatic rings. The van der Waals surface area contributed by atoms with Crippen molar-refractivity contribution in [1.29, 1.82) is 0 Å². The van der Waals surface area contributed by atoms with Gasteiger partial charge in [-0.2, -0.15) is 11.8 Å². The summed E-state index contributed by atoms with van der Waals surface area (Å²) in [7, 11) is 0. The third-order valence-corrected chi connectivity index (χ3v) is 10.0. The van der Waals surface area contributed by atoms with Gasteiger partial charge in [0.25, 0.3) is 5.91 Å². The lowest BCUT2D eigenvalue weighted by Crippen LogP contribution is -2.65. The number of ketones is 2. The van der Waals surface area contributed by atoms with Crippen molar-refractivity contribution in [2.45, 2.75) is 68.3 Å². The molecule has 5 atom stereocenters. The van der Waals surface area contributed by atoms with Crippen molar-refractivity contribution in [2.75, 3.05) is 5.75 Å². The van der Waals surface area contributed by atoms with Gasteiger partial charge in [-0.25, -0.2) is 0 Å². The van der Waals surface area contributed by atoms with Crippen LogP contribution in [0, 0.1) is 11.8 Å². The quantitative estimate of drug-likeness (QED) is 0.257. The van der Waals surface area contributed by atoms with Gasteiger partial charge < -0.3 is 30.9 Å². The molecule has 39 heavy (non-hydrogen) atoms. The molecule has 0 aromatic heterocycles. The van der Waals surface area contributed by atoms with Gasteiger partial charge >= 0.3 is 5.97 Å². The molecular weight excluding hydrogens is 526 g/mol. The van der Waals surface area contributed by atoms with Crippen LogP contribution < -0.4 is 5.73 Å². The second-order valence-corrected chi connectivity index (χ2v) is 11.9. The molecule has 0 radical (unpaired) electrons. The number of aliphatic hydroxyl groups is 3. The Balaban J connectivity index is 1.74. The fraction of sp³-hybridized carbons (Fsp3) is 0.500. The predicted molar refractivity (Wildman–Crippen MR) is 141 cm³/mol. The lowest BCUT2D eigenvalue weighted by molar-refractivity contribution is -0.178. The summed E-state index contributed by atoms with van der Waals surface area (Å²) in [4.78, 5) is 51.7. The molecule has 4 aliphatic carbocycles. The Bertz CT molecular complexity index is 1330. The van der Waals surface area contributed by atoms with Crippen molar-refractivity contribution in [3.8, 4) is 5.75 Å². The minimum Gasteiger partial charge on any atom is -0.508 e. The summed E-state index contributed by atoms with van der Waals surface area (Å²) in [5.41, 5.74) is 1.75. The number of phenolic OH excluding ortho intramolecular Hbond substituents is 1. The summed E-state index contributed by atoms with van der Waals surface area (Å²) in [6, 6.07) is 4.70. The minimum atomic E-state index is -2.86. The van der Waals surface area contributed by atoms with Gasteiger partial charge in [-0.15, -0.1) is 0 Å². The van der Waals surface area contributed by atoms with Crippen molar-refractivity contribution in [3.63, 3.8) is 0 Å². The lowest BCUT2D eigenvalue weighted by atomic mass is 9.55. The molecule has 6 N–H and O–H groups in total. The average Bonchev–Trinajstić information content (AvgIpc) is 3.41. The van der Waals surface area contributed by atoms with Crippen LogP contribution in [-0.4, -0.2) is 66.6 Å². The molecule has 0 bridgehead atoms. The molecule has 5 rings (SSSR count). The van der Waals surface area contributed by atoms with Crippen LogP contribution in [-0.2, 0) is 23.9 Å². The number of primary amides is 1. The van der Waals surface area contributed by atoms with E-state index in [1.165, 1.54) is 6.07 Å². The topological polar surface area (TPSA) is 184 Å². The Morgan fingerprint density at radius 2 is 1.85 bits per heavy atom. The first-order chi connectivity index (χ1) is 18.5. The zero-order chi connectivity index (χ0) is 28.2. The average molecular weight is 558 g/mol. The van der Waals surface area contributed by atoms with Crippen molar-refractivity contribution in [2.24, 2.45) is 17.6 Å². The molecule has 208 valence electrons. The molecule has 0 spiro atoms. The molecule has 2 saturated carbocycles. The maximum Gasteiger partial charge on any atom is 0.305 e. The number of aliphatic hydroxyl groups excluding tert-OH is 2. The second-order valence-electron chi connectivity index (χ2n) is 10.6. The fourth-order valence-electron chi connectivity index (χ4n) is 6.63. The smallest absolute Gasteiger partial charge is 0.305 e. The number of ether oxygens (including phenoxy) is 1. The highest BCUT2D eigenvalue weighted by molar-refractivity contribution is 7.99. The zero-order valence-corrected chi connectivity index (χ0v) is 22.2. The molecule has 0 heterocycles. The van der Waals surface area contributed by atoms with E-state index in [1.54, 1.807) is 30.8 Å². The standard InChI is InChI=1S/C28H31NO9S/c1-2-18(32)38-24-15-10-17(31)21(27(29)36)25(34)28(15,37)26(35)22-20(24)14(11-39-12-6-3-4-7-12)13-8-5-9-16(30)19(13)23(22)33/h5,8-9,12,14-15,20,24,30,33-34,37H,2-4,6-7,10-11H2,1H3,(H2,29,36)/t14-,15+,20+,24+,28+/m0/s1. The number of rotatable bonds is 6. The third-order valence-electron chi connectivity index (χ3n) is 8.51. The second kappa shape index (κ2) is 10.0. The molecule has 10 nitrogen and oxygen atoms in total. The van der Waals surface area contributed by atoms with Gasteiger partial charge in [-0.05, 0) is 24.5 Å². The summed E-state index contributed by atoms with van der Waals surface area (Å²) in [6.45, 7) is 1.56. The Hall–Kier alpha value is -3.31. The van der Waals surface area contributed by atoms with Gasteiger partial charge in [0, 0.05) is 47.2 Å². The van der Waals surface area contributed by atoms with Gasteiger partial charge in [-0.1, -0.05) is 31.9 Å². The van der Waals surface area contributed by atoms with E-state index in [2.05, 4.69) is 0 Å². The summed E-state index contributed by atoms with van der Waals surface area (Å²) < 4.78 is 5.81. The monoisotopic (exact) mass is 557 g/mol. The van der Waals surface area contributed by atoms with Crippen LogP contribution in [0.15, 0.2) is 35.1 Å². The van der Waals surface area contributed by atoms with Crippen molar-refractivity contribution < 1.29 is 44.3 Å². The SMILES string of the molecule is CCC(=O)O[C@H]1[C@H]2C(=C(O)c3c(O)cccc3[C@@H]2CSC2CCCC2)C(=O)[C@]2(O)C(O)=C(C(N)=O)C(=O)C[C@H]12. The van der Waals surface area contributed by atoms with Crippen LogP contribution in [0.5, 0.6) is 5.75 Å². The highest BCUT2D eigenvalue weighted by Gasteiger charge is 2.66. The third kappa shape index (κ3) is 4.13. The number of benzene rings is 1. The van der Waals surface area contributed by atoms with Gasteiger partial charge in [0.15, 0.2) is 11.4 Å². The number of carbonyl (C=O) groups excluding carboxylic acids is 4. The van der Waals surface area contributed by atoms with Gasteiger partial charge in [0.2, 0.25) is 5.78 Å². The van der Waals surface area contributed by atoms with Crippen molar-refractivity contribution in [1.82, 2.24) is 0 Å². The van der Waals surface area contributed by atoms with Crippen LogP contribution >= 0.6 is 11.8 Å². The molecule has 1 aromatic rings. The number of aromatic hydroxyl groups is 1. The number of thioether (sulfide) groups is 1. The number of amides is 1. The normalized spacial score (nSPS) is 30.6. The van der Waals surface area contributed by atoms with Crippen molar-refractivity contribution in [3.05, 3.63) is 46.2 Å². The number of hydrogen-bond acceptors (Lipinski definition) is 10. The minimum absolute atomic E-state index is 0.0159. The van der Waals surface area contributed by atoms with Crippen molar-refractivity contribution >= 4 is 41.0 Å². The highest BCUT2D eigenvalue weighted by Crippen LogP contribution is 2.57. The summed E-state index contributed by atoms with van der Waals surface area (Å²) >= 11 is 1.69. The fourth-order valence-corrected chi connectivity index (χ4v) is 8.16. The summed E-state index contributed by atoms with van der Waals surface area (Å²) in [5.74, 6) is -8.66. The predicted octanol–water partition coefficient (Wildman–Crippen LogP) is 2.57. The number of nitrogens with two attached hydrogens (primary N) is 1. The molecule has 0 saturated heterocycles. The van der Waals surface area contributed by atoms with E-state index in [1.807, 2.05) is 0 Å². The first-order valence-electron chi connectivity index (χ1n) is 13.1. The van der Waals surface area contributed by atoms with Gasteiger partial charge in [0.05, 0.1) is 5.56 Å². The number of Topliss-reactive ketones (excluding diaryl/α,β-unsaturated/α-hetero) is 2. The van der Waals surface area contributed by atoms with Crippen LogP contribution in [0.4, 0.5) is 0 Å². The maximum atomic E-state index is 14.1. The molecule has 2 fully saturated rings. The van der Waals surface area contributed by atoms with Crippen LogP contribution in [0.2, 0.25) is 0 Å². The Morgan fingerprint density at radius 1 is 1.15 bits per heavy atom. The number of carbonyl (C=O) groups is 4. The largest absolute Gasteiger partial charge is 0.508 e. The maximum absolute atomic E-state index is 14.1. The number of hydrogen-bond donors (Lipinski definition) is 5. The van der Waals surface area contributed by atoms with Crippen LogP contribution in [0.3, 0.4) is 0 Å². The Labute approximate surface area is 228 Å². The summed E-state index contributed by atoms with van der Waals surface area (Å²) in [6.07, 6.45) is 2.32. The highest BCUT2D eigenvalue weighted by atomic mass is 32.2. The number of fused-ring (bicyclic) bond motifs is 3. The molecular formula is C28H31NO9S. The zero-order valence-electron chi connectivity index (χ0n) is 21.4. The van der Waals surface area contributed by atoms with Gasteiger partial charge in [-0.3, -0.25) is 19.2 Å². The van der Waals surface area contributed by atoms with E-state index >= 15 is 0 Å².